The zero-order chi connectivity index (χ0) is 16.9. The van der Waals surface area contributed by atoms with E-state index in [1.165, 1.54) is 11.3 Å². The molecule has 0 saturated carbocycles. The Labute approximate surface area is 137 Å². The molecule has 8 nitrogen and oxygen atoms in total. The Morgan fingerprint density at radius 2 is 2.13 bits per heavy atom. The number of sulfone groups is 1. The molecule has 23 heavy (non-hydrogen) atoms. The van der Waals surface area contributed by atoms with Crippen molar-refractivity contribution < 1.29 is 27.5 Å². The predicted octanol–water partition coefficient (Wildman–Crippen LogP) is -0.676. The highest BCUT2D eigenvalue weighted by Gasteiger charge is 2.29. The molecular formula is C13H16N2O6S2. The lowest BCUT2D eigenvalue weighted by molar-refractivity contribution is -0.147. The maximum atomic E-state index is 11.6. The number of carbonyl (C=O) groups is 3. The molecule has 0 spiro atoms. The van der Waals surface area contributed by atoms with Crippen molar-refractivity contribution in [1.29, 1.82) is 0 Å². The van der Waals surface area contributed by atoms with Crippen LogP contribution in [0.1, 0.15) is 16.1 Å². The van der Waals surface area contributed by atoms with Crippen LogP contribution in [0.2, 0.25) is 0 Å². The quantitative estimate of drug-likeness (QED) is 0.649. The first-order valence-corrected chi connectivity index (χ1v) is 9.53. The fourth-order valence-corrected chi connectivity index (χ4v) is 4.34. The lowest BCUT2D eigenvalue weighted by atomic mass is 10.2. The van der Waals surface area contributed by atoms with Gasteiger partial charge in [-0.3, -0.25) is 14.4 Å². The molecule has 0 bridgehead atoms. The van der Waals surface area contributed by atoms with Crippen molar-refractivity contribution in [3.8, 4) is 0 Å². The molecule has 126 valence electrons. The van der Waals surface area contributed by atoms with E-state index in [0.717, 1.165) is 0 Å². The molecule has 1 aromatic heterocycles. The highest BCUT2D eigenvalue weighted by atomic mass is 32.2. The van der Waals surface area contributed by atoms with Crippen LogP contribution in [0.5, 0.6) is 0 Å². The minimum absolute atomic E-state index is 0.0481. The largest absolute Gasteiger partial charge is 0.454 e. The summed E-state index contributed by atoms with van der Waals surface area (Å²) < 4.78 is 27.2. The maximum absolute atomic E-state index is 11.6. The molecule has 1 aromatic rings. The standard InChI is InChI=1S/C13H16N2O6S2/c16-11(15-9-3-5-23(19,20)8-9)7-21-12(17)6-14-13(18)10-2-1-4-22-10/h1-2,4,9H,3,5-8H2,(H,14,18)(H,15,16)/t9-/m0/s1. The van der Waals surface area contributed by atoms with Crippen molar-refractivity contribution in [2.45, 2.75) is 12.5 Å². The average Bonchev–Trinajstić information content (AvgIpc) is 3.12. The van der Waals surface area contributed by atoms with Gasteiger partial charge in [-0.1, -0.05) is 6.07 Å². The number of thiophene rings is 1. The molecule has 0 aromatic carbocycles. The summed E-state index contributed by atoms with van der Waals surface area (Å²) in [5, 5.41) is 6.61. The van der Waals surface area contributed by atoms with E-state index >= 15 is 0 Å². The van der Waals surface area contributed by atoms with Gasteiger partial charge in [0.25, 0.3) is 11.8 Å². The van der Waals surface area contributed by atoms with E-state index in [1.54, 1.807) is 17.5 Å². The smallest absolute Gasteiger partial charge is 0.325 e. The van der Waals surface area contributed by atoms with E-state index in [4.69, 9.17) is 4.74 Å². The van der Waals surface area contributed by atoms with Gasteiger partial charge in [0.05, 0.1) is 16.4 Å². The molecule has 1 atom stereocenters. The second-order valence-corrected chi connectivity index (χ2v) is 8.16. The van der Waals surface area contributed by atoms with Gasteiger partial charge in [-0.25, -0.2) is 8.42 Å². The summed E-state index contributed by atoms with van der Waals surface area (Å²) in [4.78, 5) is 35.1. The fourth-order valence-electron chi connectivity index (χ4n) is 2.02. The molecule has 1 aliphatic heterocycles. The number of esters is 1. The highest BCUT2D eigenvalue weighted by Crippen LogP contribution is 2.11. The monoisotopic (exact) mass is 360 g/mol. The number of ether oxygens (including phenoxy) is 1. The summed E-state index contributed by atoms with van der Waals surface area (Å²) in [6.07, 6.45) is 0.360. The van der Waals surface area contributed by atoms with Crippen molar-refractivity contribution in [1.82, 2.24) is 10.6 Å². The molecule has 2 rings (SSSR count). The topological polar surface area (TPSA) is 119 Å². The SMILES string of the molecule is O=C(COC(=O)CNC(=O)c1cccs1)N[C@H]1CCS(=O)(=O)C1. The Morgan fingerprint density at radius 3 is 2.74 bits per heavy atom. The number of hydrogen-bond donors (Lipinski definition) is 2. The van der Waals surface area contributed by atoms with E-state index in [-0.39, 0.29) is 18.1 Å². The fraction of sp³-hybridized carbons (Fsp3) is 0.462. The second-order valence-electron chi connectivity index (χ2n) is 4.99. The van der Waals surface area contributed by atoms with E-state index in [0.29, 0.717) is 11.3 Å². The molecule has 2 heterocycles. The first kappa shape index (κ1) is 17.4. The van der Waals surface area contributed by atoms with Crippen LogP contribution in [0.25, 0.3) is 0 Å². The molecule has 0 aliphatic carbocycles. The zero-order valence-corrected chi connectivity index (χ0v) is 13.7. The van der Waals surface area contributed by atoms with E-state index in [2.05, 4.69) is 10.6 Å². The van der Waals surface area contributed by atoms with Gasteiger partial charge in [0.1, 0.15) is 6.54 Å². The van der Waals surface area contributed by atoms with Crippen molar-refractivity contribution in [2.24, 2.45) is 0 Å². The lowest BCUT2D eigenvalue weighted by Crippen LogP contribution is -2.39. The van der Waals surface area contributed by atoms with Crippen LogP contribution >= 0.6 is 11.3 Å². The van der Waals surface area contributed by atoms with Crippen LogP contribution in [-0.2, 0) is 24.2 Å². The summed E-state index contributed by atoms with van der Waals surface area (Å²) in [5.74, 6) is -1.75. The van der Waals surface area contributed by atoms with E-state index in [1.807, 2.05) is 0 Å². The van der Waals surface area contributed by atoms with Crippen LogP contribution in [0, 0.1) is 0 Å². The Morgan fingerprint density at radius 1 is 1.35 bits per heavy atom. The minimum atomic E-state index is -3.08. The van der Waals surface area contributed by atoms with Gasteiger partial charge in [0, 0.05) is 6.04 Å². The Hall–Kier alpha value is -1.94. The van der Waals surface area contributed by atoms with Gasteiger partial charge >= 0.3 is 5.97 Å². The van der Waals surface area contributed by atoms with Crippen LogP contribution in [0.15, 0.2) is 17.5 Å². The van der Waals surface area contributed by atoms with E-state index < -0.39 is 40.3 Å². The molecule has 1 aliphatic rings. The van der Waals surface area contributed by atoms with Crippen LogP contribution in [-0.4, -0.2) is 56.9 Å². The van der Waals surface area contributed by atoms with Gasteiger partial charge in [-0.05, 0) is 17.9 Å². The number of hydrogen-bond acceptors (Lipinski definition) is 7. The summed E-state index contributed by atoms with van der Waals surface area (Å²) in [5.41, 5.74) is 0. The van der Waals surface area contributed by atoms with Crippen molar-refractivity contribution in [2.75, 3.05) is 24.7 Å². The second kappa shape index (κ2) is 7.55. The molecule has 2 amide bonds. The number of nitrogens with one attached hydrogen (secondary N) is 2. The summed E-state index contributed by atoms with van der Waals surface area (Å²) >= 11 is 1.24. The Balaban J connectivity index is 1.64. The highest BCUT2D eigenvalue weighted by molar-refractivity contribution is 7.91. The van der Waals surface area contributed by atoms with Gasteiger partial charge in [-0.15, -0.1) is 11.3 Å². The molecular weight excluding hydrogens is 344 g/mol. The first-order chi connectivity index (χ1) is 10.9. The third-order valence-electron chi connectivity index (χ3n) is 3.10. The summed E-state index contributed by atoms with van der Waals surface area (Å²) in [6.45, 7) is -0.855. The Kier molecular flexibility index (Phi) is 5.72. The van der Waals surface area contributed by atoms with Crippen molar-refractivity contribution >= 4 is 39.0 Å². The van der Waals surface area contributed by atoms with Gasteiger partial charge in [0.15, 0.2) is 16.4 Å². The average molecular weight is 360 g/mol. The maximum Gasteiger partial charge on any atom is 0.325 e. The molecule has 0 unspecified atom stereocenters. The summed E-state index contributed by atoms with van der Waals surface area (Å²) in [6, 6.07) is 2.89. The van der Waals surface area contributed by atoms with Gasteiger partial charge < -0.3 is 15.4 Å². The van der Waals surface area contributed by atoms with Crippen LogP contribution in [0.3, 0.4) is 0 Å². The van der Waals surface area contributed by atoms with E-state index in [9.17, 15) is 22.8 Å². The van der Waals surface area contributed by atoms with Crippen LogP contribution < -0.4 is 10.6 Å². The van der Waals surface area contributed by atoms with Gasteiger partial charge in [-0.2, -0.15) is 0 Å². The van der Waals surface area contributed by atoms with Gasteiger partial charge in [0.2, 0.25) is 0 Å². The molecule has 1 saturated heterocycles. The molecule has 0 radical (unpaired) electrons. The molecule has 1 fully saturated rings. The zero-order valence-electron chi connectivity index (χ0n) is 12.1. The number of rotatable bonds is 6. The predicted molar refractivity (Wildman–Crippen MR) is 82.8 cm³/mol. The normalized spacial score (nSPS) is 19.0. The first-order valence-electron chi connectivity index (χ1n) is 6.83. The third-order valence-corrected chi connectivity index (χ3v) is 5.74. The number of carbonyl (C=O) groups excluding carboxylic acids is 3. The summed E-state index contributed by atoms with van der Waals surface area (Å²) in [7, 11) is -3.08. The lowest BCUT2D eigenvalue weighted by Gasteiger charge is -2.11. The third kappa shape index (κ3) is 5.64. The van der Waals surface area contributed by atoms with Crippen molar-refractivity contribution in [3.05, 3.63) is 22.4 Å². The minimum Gasteiger partial charge on any atom is -0.454 e. The molecule has 2 N–H and O–H groups in total. The Bertz CT molecular complexity index is 683. The number of amides is 2. The van der Waals surface area contributed by atoms with Crippen LogP contribution in [0.4, 0.5) is 0 Å². The molecule has 10 heteroatoms. The van der Waals surface area contributed by atoms with Crippen molar-refractivity contribution in [3.63, 3.8) is 0 Å².